The Morgan fingerprint density at radius 2 is 1.15 bits per heavy atom. The van der Waals surface area contributed by atoms with Crippen LogP contribution in [0.15, 0.2) is 0 Å². The lowest BCUT2D eigenvalue weighted by atomic mass is 9.71. The molecule has 3 heteroatoms. The quantitative estimate of drug-likeness (QED) is 0.203. The van der Waals surface area contributed by atoms with E-state index in [1.165, 1.54) is 129 Å². The molecular weight excluding hydrogens is 404 g/mol. The Hall–Kier alpha value is -0.570. The Balaban J connectivity index is 1.68. The van der Waals surface area contributed by atoms with Crippen LogP contribution in [0.3, 0.4) is 0 Å². The lowest BCUT2D eigenvalue weighted by Gasteiger charge is -2.47. The van der Waals surface area contributed by atoms with Crippen LogP contribution >= 0.6 is 0 Å². The predicted octanol–water partition coefficient (Wildman–Crippen LogP) is 8.22. The van der Waals surface area contributed by atoms with E-state index in [0.29, 0.717) is 11.3 Å². The number of hydrogen-bond acceptors (Lipinski definition) is 2. The van der Waals surface area contributed by atoms with Crippen LogP contribution in [-0.4, -0.2) is 48.4 Å². The number of nitrogens with zero attached hydrogens (tertiary/aromatic N) is 2. The van der Waals surface area contributed by atoms with Gasteiger partial charge in [0.05, 0.1) is 0 Å². The van der Waals surface area contributed by atoms with Gasteiger partial charge in [-0.05, 0) is 69.4 Å². The second-order valence-electron chi connectivity index (χ2n) is 11.6. The van der Waals surface area contributed by atoms with Crippen LogP contribution < -0.4 is 0 Å². The molecule has 33 heavy (non-hydrogen) atoms. The van der Waals surface area contributed by atoms with Gasteiger partial charge in [0.25, 0.3) is 0 Å². The zero-order chi connectivity index (χ0) is 23.8. The molecule has 0 radical (unpaired) electrons. The molecule has 0 aromatic rings. The van der Waals surface area contributed by atoms with E-state index in [0.717, 1.165) is 31.8 Å². The average molecular weight is 463 g/mol. The van der Waals surface area contributed by atoms with Crippen LogP contribution in [0.5, 0.6) is 0 Å². The Bertz CT molecular complexity index is 488. The topological polar surface area (TPSA) is 23.6 Å². The summed E-state index contributed by atoms with van der Waals surface area (Å²) in [6.45, 7) is 12.9. The Kier molecular flexibility index (Phi) is 14.7. The summed E-state index contributed by atoms with van der Waals surface area (Å²) in [5.41, 5.74) is 0.535. The van der Waals surface area contributed by atoms with Gasteiger partial charge in [-0.1, -0.05) is 91.4 Å². The molecule has 0 N–H and O–H groups in total. The van der Waals surface area contributed by atoms with Crippen LogP contribution in [0.25, 0.3) is 0 Å². The van der Waals surface area contributed by atoms with E-state index < -0.39 is 0 Å². The molecule has 3 nitrogen and oxygen atoms in total. The molecule has 0 aromatic carbocycles. The van der Waals surface area contributed by atoms with Gasteiger partial charge >= 0.3 is 0 Å². The van der Waals surface area contributed by atoms with E-state index >= 15 is 0 Å². The first-order chi connectivity index (χ1) is 16.1. The molecule has 194 valence electrons. The first kappa shape index (κ1) is 28.7. The minimum Gasteiger partial charge on any atom is -0.343 e. The van der Waals surface area contributed by atoms with E-state index in [1.807, 2.05) is 0 Å². The number of amides is 1. The molecule has 0 aliphatic carbocycles. The maximum Gasteiger partial charge on any atom is 0.222 e. The van der Waals surface area contributed by atoms with E-state index in [2.05, 4.69) is 30.6 Å². The number of carbonyl (C=O) groups excluding carboxylic acids is 1. The van der Waals surface area contributed by atoms with Crippen LogP contribution in [0.4, 0.5) is 0 Å². The Morgan fingerprint density at radius 1 is 0.667 bits per heavy atom. The third kappa shape index (κ3) is 11.1. The maximum absolute atomic E-state index is 12.6. The van der Waals surface area contributed by atoms with Gasteiger partial charge in [-0.3, -0.25) is 4.79 Å². The number of unbranched alkanes of at least 4 members (excludes halogenated alkanes) is 9. The summed E-state index contributed by atoms with van der Waals surface area (Å²) in [7, 11) is 0. The van der Waals surface area contributed by atoms with Gasteiger partial charge in [0.15, 0.2) is 0 Å². The van der Waals surface area contributed by atoms with Crippen molar-refractivity contribution in [3.05, 3.63) is 0 Å². The maximum atomic E-state index is 12.6. The average Bonchev–Trinajstić information content (AvgIpc) is 2.83. The Labute approximate surface area is 207 Å². The first-order valence-corrected chi connectivity index (χ1v) is 15.1. The largest absolute Gasteiger partial charge is 0.343 e. The number of hydrogen-bond donors (Lipinski definition) is 0. The highest BCUT2D eigenvalue weighted by Gasteiger charge is 2.38. The lowest BCUT2D eigenvalue weighted by molar-refractivity contribution is -0.134. The smallest absolute Gasteiger partial charge is 0.222 e. The summed E-state index contributed by atoms with van der Waals surface area (Å²) >= 11 is 0. The summed E-state index contributed by atoms with van der Waals surface area (Å²) in [5, 5.41) is 0. The fourth-order valence-electron chi connectivity index (χ4n) is 6.21. The van der Waals surface area contributed by atoms with Gasteiger partial charge in [0.2, 0.25) is 5.91 Å². The first-order valence-electron chi connectivity index (χ1n) is 15.1. The van der Waals surface area contributed by atoms with E-state index in [1.54, 1.807) is 0 Å². The highest BCUT2D eigenvalue weighted by molar-refractivity contribution is 5.76. The van der Waals surface area contributed by atoms with Crippen molar-refractivity contribution in [1.29, 1.82) is 0 Å². The Morgan fingerprint density at radius 3 is 1.76 bits per heavy atom. The third-order valence-electron chi connectivity index (χ3n) is 8.79. The summed E-state index contributed by atoms with van der Waals surface area (Å²) in [5.74, 6) is 1.34. The summed E-state index contributed by atoms with van der Waals surface area (Å²) in [6.07, 6.45) is 24.9. The van der Waals surface area contributed by atoms with Crippen molar-refractivity contribution >= 4 is 5.91 Å². The molecule has 1 atom stereocenters. The van der Waals surface area contributed by atoms with Crippen LogP contribution in [0, 0.1) is 11.3 Å². The molecule has 2 fully saturated rings. The highest BCUT2D eigenvalue weighted by Crippen LogP contribution is 2.41. The second-order valence-corrected chi connectivity index (χ2v) is 11.6. The molecular formula is C30H58N2O. The normalized spacial score (nSPS) is 19.8. The van der Waals surface area contributed by atoms with E-state index in [9.17, 15) is 4.79 Å². The van der Waals surface area contributed by atoms with Crippen molar-refractivity contribution in [2.45, 2.75) is 143 Å². The molecule has 1 amide bonds. The lowest BCUT2D eigenvalue weighted by Crippen LogP contribution is -2.48. The molecule has 2 aliphatic heterocycles. The van der Waals surface area contributed by atoms with Crippen molar-refractivity contribution in [3.8, 4) is 0 Å². The van der Waals surface area contributed by atoms with Gasteiger partial charge in [0.1, 0.15) is 0 Å². The molecule has 2 heterocycles. The fraction of sp³-hybridized carbons (Fsp3) is 0.967. The molecule has 1 unspecified atom stereocenters. The van der Waals surface area contributed by atoms with Crippen molar-refractivity contribution in [2.24, 2.45) is 11.3 Å². The molecule has 0 bridgehead atoms. The van der Waals surface area contributed by atoms with Crippen LogP contribution in [0.2, 0.25) is 0 Å². The zero-order valence-corrected chi connectivity index (χ0v) is 22.9. The van der Waals surface area contributed by atoms with Crippen LogP contribution in [-0.2, 0) is 4.79 Å². The third-order valence-corrected chi connectivity index (χ3v) is 8.79. The molecule has 0 aromatic heterocycles. The van der Waals surface area contributed by atoms with E-state index in [4.69, 9.17) is 0 Å². The fourth-order valence-corrected chi connectivity index (χ4v) is 6.21. The molecule has 1 spiro atoms. The minimum absolute atomic E-state index is 0.428. The second kappa shape index (κ2) is 17.0. The summed E-state index contributed by atoms with van der Waals surface area (Å²) in [4.78, 5) is 17.6. The molecule has 2 rings (SSSR count). The summed E-state index contributed by atoms with van der Waals surface area (Å²) < 4.78 is 0. The standard InChI is InChI=1S/C30H58N2O/c1-4-7-10-12-15-18-29(33)32-25-21-30(22-26-32)19-23-31(24-20-30)27-28(16-13-9-6-3)17-14-11-8-5-2/h28H,4-27H2,1-3H3. The van der Waals surface area contributed by atoms with Gasteiger partial charge < -0.3 is 9.80 Å². The van der Waals surface area contributed by atoms with Gasteiger partial charge in [-0.25, -0.2) is 0 Å². The monoisotopic (exact) mass is 462 g/mol. The minimum atomic E-state index is 0.428. The molecule has 0 saturated carbocycles. The van der Waals surface area contributed by atoms with Crippen LogP contribution in [0.1, 0.15) is 143 Å². The number of carbonyl (C=O) groups is 1. The van der Waals surface area contributed by atoms with Crippen molar-refractivity contribution in [1.82, 2.24) is 9.80 Å². The number of piperidine rings is 2. The van der Waals surface area contributed by atoms with Crippen molar-refractivity contribution in [2.75, 3.05) is 32.7 Å². The SMILES string of the molecule is CCCCCCCC(=O)N1CCC2(CCN(CC(CCCCC)CCCCCC)CC2)CC1. The van der Waals surface area contributed by atoms with Crippen molar-refractivity contribution < 1.29 is 4.79 Å². The van der Waals surface area contributed by atoms with Gasteiger partial charge in [0, 0.05) is 26.1 Å². The predicted molar refractivity (Wildman–Crippen MR) is 144 cm³/mol. The number of rotatable bonds is 17. The summed E-state index contributed by atoms with van der Waals surface area (Å²) in [6, 6.07) is 0. The highest BCUT2D eigenvalue weighted by atomic mass is 16.2. The van der Waals surface area contributed by atoms with Crippen molar-refractivity contribution in [3.63, 3.8) is 0 Å². The van der Waals surface area contributed by atoms with E-state index in [-0.39, 0.29) is 0 Å². The molecule has 2 saturated heterocycles. The van der Waals surface area contributed by atoms with Gasteiger partial charge in [-0.2, -0.15) is 0 Å². The molecule has 2 aliphatic rings. The zero-order valence-electron chi connectivity index (χ0n) is 22.9. The number of likely N-dealkylation sites (tertiary alicyclic amines) is 2. The van der Waals surface area contributed by atoms with Gasteiger partial charge in [-0.15, -0.1) is 0 Å².